The maximum atomic E-state index is 6.09. The molecule has 1 fully saturated rings. The van der Waals surface area contributed by atoms with Gasteiger partial charge in [-0.3, -0.25) is 0 Å². The number of benzene rings is 1. The first-order chi connectivity index (χ1) is 14.4. The highest BCUT2D eigenvalue weighted by Crippen LogP contribution is 2.41. The van der Waals surface area contributed by atoms with Gasteiger partial charge in [0, 0.05) is 29.6 Å². The largest absolute Gasteiger partial charge is 0.378 e. The SMILES string of the molecule is CC1=CCCC(C)(C)C1/C=C/c1cc(-c2ccc(Cl)cc2)nc(N2CCOCC2)n1. The molecule has 2 aromatic rings. The van der Waals surface area contributed by atoms with Gasteiger partial charge in [0.15, 0.2) is 0 Å². The number of allylic oxidation sites excluding steroid dienone is 3. The highest BCUT2D eigenvalue weighted by molar-refractivity contribution is 6.30. The van der Waals surface area contributed by atoms with Crippen molar-refractivity contribution >= 4 is 23.6 Å². The van der Waals surface area contributed by atoms with E-state index in [1.54, 1.807) is 0 Å². The van der Waals surface area contributed by atoms with E-state index in [9.17, 15) is 0 Å². The summed E-state index contributed by atoms with van der Waals surface area (Å²) in [6, 6.07) is 9.90. The van der Waals surface area contributed by atoms with Crippen molar-refractivity contribution in [3.05, 3.63) is 58.8 Å². The van der Waals surface area contributed by atoms with Gasteiger partial charge in [0.2, 0.25) is 5.95 Å². The molecule has 2 heterocycles. The molecule has 4 nitrogen and oxygen atoms in total. The minimum absolute atomic E-state index is 0.258. The molecule has 1 aromatic carbocycles. The maximum Gasteiger partial charge on any atom is 0.226 e. The molecular formula is C25H30ClN3O. The van der Waals surface area contributed by atoms with Crippen LogP contribution in [0.25, 0.3) is 17.3 Å². The molecule has 0 bridgehead atoms. The fraction of sp³-hybridized carbons (Fsp3) is 0.440. The van der Waals surface area contributed by atoms with Crippen LogP contribution in [0.1, 0.15) is 39.3 Å². The van der Waals surface area contributed by atoms with Crippen LogP contribution in [-0.4, -0.2) is 36.3 Å². The Morgan fingerprint density at radius 3 is 2.57 bits per heavy atom. The predicted molar refractivity (Wildman–Crippen MR) is 125 cm³/mol. The van der Waals surface area contributed by atoms with Gasteiger partial charge < -0.3 is 9.64 Å². The zero-order chi connectivity index (χ0) is 21.1. The molecule has 0 saturated carbocycles. The number of ether oxygens (including phenoxy) is 1. The summed E-state index contributed by atoms with van der Waals surface area (Å²) >= 11 is 6.09. The second-order valence-electron chi connectivity index (χ2n) is 8.90. The van der Waals surface area contributed by atoms with Gasteiger partial charge in [-0.25, -0.2) is 9.97 Å². The molecule has 1 saturated heterocycles. The number of morpholine rings is 1. The van der Waals surface area contributed by atoms with Gasteiger partial charge in [0.05, 0.1) is 24.6 Å². The van der Waals surface area contributed by atoms with Gasteiger partial charge >= 0.3 is 0 Å². The third-order valence-electron chi connectivity index (χ3n) is 6.21. The Morgan fingerprint density at radius 2 is 1.87 bits per heavy atom. The number of aromatic nitrogens is 2. The molecule has 5 heteroatoms. The lowest BCUT2D eigenvalue weighted by Gasteiger charge is -2.36. The van der Waals surface area contributed by atoms with Crippen molar-refractivity contribution in [2.24, 2.45) is 11.3 Å². The first-order valence-electron chi connectivity index (χ1n) is 10.7. The number of nitrogens with zero attached hydrogens (tertiary/aromatic N) is 3. The summed E-state index contributed by atoms with van der Waals surface area (Å²) in [6.07, 6.45) is 9.23. The molecule has 30 heavy (non-hydrogen) atoms. The normalized spacial score (nSPS) is 21.7. The Morgan fingerprint density at radius 1 is 1.13 bits per heavy atom. The molecule has 0 N–H and O–H groups in total. The molecule has 1 aromatic heterocycles. The van der Waals surface area contributed by atoms with Crippen molar-refractivity contribution in [1.29, 1.82) is 0 Å². The molecule has 1 aliphatic heterocycles. The van der Waals surface area contributed by atoms with Gasteiger partial charge in [-0.05, 0) is 49.5 Å². The van der Waals surface area contributed by atoms with Crippen LogP contribution in [-0.2, 0) is 4.74 Å². The number of halogens is 1. The van der Waals surface area contributed by atoms with E-state index in [0.29, 0.717) is 19.1 Å². The van der Waals surface area contributed by atoms with Crippen LogP contribution in [0.15, 0.2) is 48.1 Å². The van der Waals surface area contributed by atoms with Crippen molar-refractivity contribution < 1.29 is 4.74 Å². The van der Waals surface area contributed by atoms with Crippen molar-refractivity contribution in [3.8, 4) is 11.3 Å². The van der Waals surface area contributed by atoms with Crippen molar-refractivity contribution in [1.82, 2.24) is 9.97 Å². The Bertz CT molecular complexity index is 943. The zero-order valence-corrected chi connectivity index (χ0v) is 18.8. The van der Waals surface area contributed by atoms with Gasteiger partial charge in [-0.15, -0.1) is 0 Å². The van der Waals surface area contributed by atoms with E-state index in [1.165, 1.54) is 18.4 Å². The third kappa shape index (κ3) is 4.76. The molecule has 0 spiro atoms. The Hall–Kier alpha value is -2.17. The van der Waals surface area contributed by atoms with Crippen LogP contribution in [0.2, 0.25) is 5.02 Å². The topological polar surface area (TPSA) is 38.2 Å². The number of hydrogen-bond acceptors (Lipinski definition) is 4. The summed E-state index contributed by atoms with van der Waals surface area (Å²) in [4.78, 5) is 12.0. The van der Waals surface area contributed by atoms with Crippen LogP contribution in [0.4, 0.5) is 5.95 Å². The molecule has 4 rings (SSSR count). The lowest BCUT2D eigenvalue weighted by atomic mass is 9.68. The minimum atomic E-state index is 0.258. The Labute approximate surface area is 184 Å². The lowest BCUT2D eigenvalue weighted by molar-refractivity contribution is 0.122. The Kier molecular flexibility index (Phi) is 6.26. The standard InChI is InChI=1S/C25H30ClN3O/c1-18-5-4-12-25(2,3)22(18)11-10-21-17-23(19-6-8-20(26)9-7-19)28-24(27-21)29-13-15-30-16-14-29/h5-11,17,22H,4,12-16H2,1-3H3/b11-10+. The highest BCUT2D eigenvalue weighted by Gasteiger charge is 2.30. The number of rotatable bonds is 4. The summed E-state index contributed by atoms with van der Waals surface area (Å²) in [5, 5.41) is 0.725. The van der Waals surface area contributed by atoms with Crippen molar-refractivity contribution in [3.63, 3.8) is 0 Å². The number of anilines is 1. The summed E-state index contributed by atoms with van der Waals surface area (Å²) in [6.45, 7) is 10.00. The average molecular weight is 424 g/mol. The fourth-order valence-corrected chi connectivity index (χ4v) is 4.52. The van der Waals surface area contributed by atoms with Gasteiger partial charge in [0.25, 0.3) is 0 Å². The second kappa shape index (κ2) is 8.91. The maximum absolute atomic E-state index is 6.09. The summed E-state index contributed by atoms with van der Waals surface area (Å²) in [7, 11) is 0. The third-order valence-corrected chi connectivity index (χ3v) is 6.47. The van der Waals surface area contributed by atoms with Gasteiger partial charge in [-0.1, -0.05) is 55.3 Å². The predicted octanol–water partition coefficient (Wildman–Crippen LogP) is 6.03. The van der Waals surface area contributed by atoms with E-state index in [-0.39, 0.29) is 5.41 Å². The fourth-order valence-electron chi connectivity index (χ4n) is 4.39. The molecule has 158 valence electrons. The monoisotopic (exact) mass is 423 g/mol. The quantitative estimate of drug-likeness (QED) is 0.563. The highest BCUT2D eigenvalue weighted by atomic mass is 35.5. The van der Waals surface area contributed by atoms with Crippen LogP contribution in [0.5, 0.6) is 0 Å². The summed E-state index contributed by atoms with van der Waals surface area (Å²) in [5.41, 5.74) is 4.60. The van der Waals surface area contributed by atoms with E-state index in [1.807, 2.05) is 24.3 Å². The molecule has 1 unspecified atom stereocenters. The van der Waals surface area contributed by atoms with E-state index in [2.05, 4.69) is 50.0 Å². The molecule has 1 atom stereocenters. The molecule has 0 amide bonds. The van der Waals surface area contributed by atoms with E-state index in [0.717, 1.165) is 41.0 Å². The molecule has 0 radical (unpaired) electrons. The lowest BCUT2D eigenvalue weighted by Crippen LogP contribution is -2.37. The zero-order valence-electron chi connectivity index (χ0n) is 18.1. The van der Waals surface area contributed by atoms with Crippen LogP contribution >= 0.6 is 11.6 Å². The van der Waals surface area contributed by atoms with E-state index in [4.69, 9.17) is 26.3 Å². The van der Waals surface area contributed by atoms with Crippen molar-refractivity contribution in [2.75, 3.05) is 31.2 Å². The van der Waals surface area contributed by atoms with Gasteiger partial charge in [0.1, 0.15) is 0 Å². The van der Waals surface area contributed by atoms with E-state index < -0.39 is 0 Å². The van der Waals surface area contributed by atoms with Crippen LogP contribution in [0.3, 0.4) is 0 Å². The smallest absolute Gasteiger partial charge is 0.226 e. The first kappa shape index (κ1) is 21.1. The van der Waals surface area contributed by atoms with Crippen LogP contribution < -0.4 is 4.90 Å². The van der Waals surface area contributed by atoms with Gasteiger partial charge in [-0.2, -0.15) is 0 Å². The van der Waals surface area contributed by atoms with Crippen molar-refractivity contribution in [2.45, 2.75) is 33.6 Å². The second-order valence-corrected chi connectivity index (χ2v) is 9.33. The summed E-state index contributed by atoms with van der Waals surface area (Å²) < 4.78 is 5.51. The van der Waals surface area contributed by atoms with Crippen LogP contribution in [0, 0.1) is 11.3 Å². The minimum Gasteiger partial charge on any atom is -0.378 e. The average Bonchev–Trinajstić information content (AvgIpc) is 2.74. The number of hydrogen-bond donors (Lipinski definition) is 0. The first-order valence-corrected chi connectivity index (χ1v) is 11.1. The molecule has 2 aliphatic rings. The Balaban J connectivity index is 1.70. The summed E-state index contributed by atoms with van der Waals surface area (Å²) in [5.74, 6) is 1.19. The van der Waals surface area contributed by atoms with E-state index >= 15 is 0 Å². The molecular weight excluding hydrogens is 394 g/mol. The molecule has 1 aliphatic carbocycles.